The lowest BCUT2D eigenvalue weighted by atomic mass is 9.94. The number of aromatic hydroxyl groups is 6. The number of hydrogen-bond acceptors (Lipinski definition) is 6. The molecule has 0 fully saturated rings. The van der Waals surface area contributed by atoms with Gasteiger partial charge in [-0.25, -0.2) is 0 Å². The Hall–Kier alpha value is -4.32. The van der Waals surface area contributed by atoms with Crippen LogP contribution in [0, 0.1) is 0 Å². The zero-order valence-corrected chi connectivity index (χ0v) is 19.9. The topological polar surface area (TPSA) is 121 Å². The van der Waals surface area contributed by atoms with Crippen LogP contribution in [-0.4, -0.2) is 30.6 Å². The molecule has 6 nitrogen and oxygen atoms in total. The predicted molar refractivity (Wildman–Crippen MR) is 138 cm³/mol. The van der Waals surface area contributed by atoms with Gasteiger partial charge in [-0.3, -0.25) is 0 Å². The molecule has 0 aliphatic carbocycles. The minimum absolute atomic E-state index is 0.0307. The molecule has 0 aliphatic heterocycles. The highest BCUT2D eigenvalue weighted by Crippen LogP contribution is 2.25. The summed E-state index contributed by atoms with van der Waals surface area (Å²) in [5.41, 5.74) is 5.85. The van der Waals surface area contributed by atoms with Crippen molar-refractivity contribution in [3.63, 3.8) is 0 Å². The number of hydrogen-bond donors (Lipinski definition) is 6. The third-order valence-corrected chi connectivity index (χ3v) is 6.11. The van der Waals surface area contributed by atoms with Gasteiger partial charge in [0.05, 0.1) is 0 Å². The Balaban J connectivity index is 1.53. The van der Waals surface area contributed by atoms with Crippen molar-refractivity contribution in [3.8, 4) is 34.5 Å². The second-order valence-corrected chi connectivity index (χ2v) is 9.23. The highest BCUT2D eigenvalue weighted by atomic mass is 16.3. The van der Waals surface area contributed by atoms with Gasteiger partial charge in [0.25, 0.3) is 0 Å². The number of rotatable bonds is 9. The fourth-order valence-corrected chi connectivity index (χ4v) is 4.54. The molecule has 36 heavy (non-hydrogen) atoms. The van der Waals surface area contributed by atoms with E-state index < -0.39 is 0 Å². The lowest BCUT2D eigenvalue weighted by Crippen LogP contribution is -2.00. The molecule has 186 valence electrons. The standard InChI is InChI=1S/C30H30O6/c31-25-10-22(11-26(32)16-25)4-1-19-7-20(2-5-23-12-27(33)17-28(34)13-23)9-21(8-19)3-6-24-14-29(35)18-30(36)15-24/h7-18,31-36H,1-6H2. The van der Waals surface area contributed by atoms with Crippen molar-refractivity contribution >= 4 is 0 Å². The van der Waals surface area contributed by atoms with Crippen LogP contribution in [-0.2, 0) is 38.5 Å². The first kappa shape index (κ1) is 24.8. The molecule has 0 radical (unpaired) electrons. The van der Waals surface area contributed by atoms with Crippen LogP contribution >= 0.6 is 0 Å². The van der Waals surface area contributed by atoms with Gasteiger partial charge in [-0.2, -0.15) is 0 Å². The summed E-state index contributed by atoms with van der Waals surface area (Å²) in [5.74, 6) is 0.184. The van der Waals surface area contributed by atoms with Gasteiger partial charge in [0.1, 0.15) is 34.5 Å². The van der Waals surface area contributed by atoms with Gasteiger partial charge in [0.15, 0.2) is 0 Å². The van der Waals surface area contributed by atoms with E-state index in [-0.39, 0.29) is 34.5 Å². The largest absolute Gasteiger partial charge is 0.508 e. The van der Waals surface area contributed by atoms with E-state index in [4.69, 9.17) is 0 Å². The molecule has 6 heteroatoms. The van der Waals surface area contributed by atoms with Crippen LogP contribution in [0.5, 0.6) is 34.5 Å². The molecular weight excluding hydrogens is 456 g/mol. The maximum Gasteiger partial charge on any atom is 0.119 e. The van der Waals surface area contributed by atoms with Crippen LogP contribution < -0.4 is 0 Å². The minimum Gasteiger partial charge on any atom is -0.508 e. The number of phenols is 6. The van der Waals surface area contributed by atoms with E-state index in [9.17, 15) is 30.6 Å². The van der Waals surface area contributed by atoms with Crippen molar-refractivity contribution < 1.29 is 30.6 Å². The number of benzene rings is 4. The molecule has 0 aromatic heterocycles. The van der Waals surface area contributed by atoms with E-state index in [0.717, 1.165) is 33.4 Å². The van der Waals surface area contributed by atoms with Crippen LogP contribution in [0.1, 0.15) is 33.4 Å². The van der Waals surface area contributed by atoms with Crippen LogP contribution in [0.4, 0.5) is 0 Å². The van der Waals surface area contributed by atoms with Gasteiger partial charge in [-0.15, -0.1) is 0 Å². The molecule has 0 bridgehead atoms. The molecule has 4 rings (SSSR count). The summed E-state index contributed by atoms with van der Waals surface area (Å²) in [5, 5.41) is 58.7. The van der Waals surface area contributed by atoms with Crippen LogP contribution in [0.15, 0.2) is 72.8 Å². The van der Waals surface area contributed by atoms with E-state index in [0.29, 0.717) is 38.5 Å². The molecule has 0 spiro atoms. The van der Waals surface area contributed by atoms with E-state index in [2.05, 4.69) is 18.2 Å². The molecule has 0 heterocycles. The van der Waals surface area contributed by atoms with Crippen LogP contribution in [0.25, 0.3) is 0 Å². The lowest BCUT2D eigenvalue weighted by Gasteiger charge is -2.12. The smallest absolute Gasteiger partial charge is 0.119 e. The first-order chi connectivity index (χ1) is 17.2. The van der Waals surface area contributed by atoms with E-state index in [1.54, 1.807) is 36.4 Å². The molecule has 0 atom stereocenters. The van der Waals surface area contributed by atoms with Crippen molar-refractivity contribution in [2.45, 2.75) is 38.5 Å². The Labute approximate surface area is 210 Å². The molecule has 0 aliphatic rings. The van der Waals surface area contributed by atoms with Gasteiger partial charge in [0, 0.05) is 18.2 Å². The van der Waals surface area contributed by atoms with Crippen LogP contribution in [0.3, 0.4) is 0 Å². The summed E-state index contributed by atoms with van der Waals surface area (Å²) in [6, 6.07) is 20.2. The van der Waals surface area contributed by atoms with Gasteiger partial charge < -0.3 is 30.6 Å². The van der Waals surface area contributed by atoms with Crippen molar-refractivity contribution in [1.29, 1.82) is 0 Å². The molecule has 4 aromatic rings. The van der Waals surface area contributed by atoms with Crippen molar-refractivity contribution in [1.82, 2.24) is 0 Å². The average molecular weight is 487 g/mol. The SMILES string of the molecule is Oc1cc(O)cc(CCc2cc(CCc3cc(O)cc(O)c3)cc(CCc3cc(O)cc(O)c3)c2)c1. The van der Waals surface area contributed by atoms with Crippen molar-refractivity contribution in [3.05, 3.63) is 106 Å². The van der Waals surface area contributed by atoms with E-state index in [1.807, 2.05) is 0 Å². The first-order valence-electron chi connectivity index (χ1n) is 11.9. The Bertz CT molecular complexity index is 1120. The second kappa shape index (κ2) is 11.0. The predicted octanol–water partition coefficient (Wildman–Crippen LogP) is 5.28. The Kier molecular flexibility index (Phi) is 7.54. The summed E-state index contributed by atoms with van der Waals surface area (Å²) in [4.78, 5) is 0. The van der Waals surface area contributed by atoms with E-state index in [1.165, 1.54) is 18.2 Å². The summed E-state index contributed by atoms with van der Waals surface area (Å²) in [6.45, 7) is 0. The summed E-state index contributed by atoms with van der Waals surface area (Å²) < 4.78 is 0. The monoisotopic (exact) mass is 486 g/mol. The molecule has 0 saturated heterocycles. The fraction of sp³-hybridized carbons (Fsp3) is 0.200. The highest BCUT2D eigenvalue weighted by Gasteiger charge is 2.08. The average Bonchev–Trinajstić information content (AvgIpc) is 2.78. The van der Waals surface area contributed by atoms with Crippen molar-refractivity contribution in [2.24, 2.45) is 0 Å². The molecule has 4 aromatic carbocycles. The lowest BCUT2D eigenvalue weighted by molar-refractivity contribution is 0.448. The van der Waals surface area contributed by atoms with Gasteiger partial charge in [-0.1, -0.05) is 18.2 Å². The maximum absolute atomic E-state index is 9.78. The minimum atomic E-state index is 0.0307. The molecule has 6 N–H and O–H groups in total. The summed E-state index contributed by atoms with van der Waals surface area (Å²) in [6.07, 6.45) is 4.07. The number of aryl methyl sites for hydroxylation is 6. The third kappa shape index (κ3) is 7.09. The first-order valence-corrected chi connectivity index (χ1v) is 11.9. The highest BCUT2D eigenvalue weighted by molar-refractivity contribution is 5.40. The van der Waals surface area contributed by atoms with Gasteiger partial charge >= 0.3 is 0 Å². The van der Waals surface area contributed by atoms with Crippen LogP contribution in [0.2, 0.25) is 0 Å². The van der Waals surface area contributed by atoms with Crippen molar-refractivity contribution in [2.75, 3.05) is 0 Å². The Morgan fingerprint density at radius 1 is 0.250 bits per heavy atom. The Morgan fingerprint density at radius 3 is 0.611 bits per heavy atom. The number of phenolic OH excluding ortho intramolecular Hbond substituents is 6. The van der Waals surface area contributed by atoms with Gasteiger partial charge in [-0.05, 0) is 108 Å². The molecular formula is C30H30O6. The Morgan fingerprint density at radius 2 is 0.417 bits per heavy atom. The molecule has 0 unspecified atom stereocenters. The zero-order valence-electron chi connectivity index (χ0n) is 19.9. The summed E-state index contributed by atoms with van der Waals surface area (Å²) in [7, 11) is 0. The third-order valence-electron chi connectivity index (χ3n) is 6.11. The molecule has 0 amide bonds. The maximum atomic E-state index is 9.78. The van der Waals surface area contributed by atoms with Gasteiger partial charge in [0.2, 0.25) is 0 Å². The second-order valence-electron chi connectivity index (χ2n) is 9.23. The van der Waals surface area contributed by atoms with E-state index >= 15 is 0 Å². The normalized spacial score (nSPS) is 11.0. The molecule has 0 saturated carbocycles. The summed E-state index contributed by atoms with van der Waals surface area (Å²) >= 11 is 0. The fourth-order valence-electron chi connectivity index (χ4n) is 4.54. The quantitative estimate of drug-likeness (QED) is 0.192. The zero-order chi connectivity index (χ0) is 25.7.